The monoisotopic (exact) mass is 210 g/mol. The molecule has 4 heteroatoms. The van der Waals surface area contributed by atoms with Gasteiger partial charge in [0.05, 0.1) is 19.3 Å². The van der Waals surface area contributed by atoms with E-state index in [1.165, 1.54) is 6.20 Å². The summed E-state index contributed by atoms with van der Waals surface area (Å²) in [7, 11) is 0. The van der Waals surface area contributed by atoms with Gasteiger partial charge in [0.2, 0.25) is 0 Å². The van der Waals surface area contributed by atoms with Crippen molar-refractivity contribution in [1.29, 1.82) is 0 Å². The molecule has 2 fully saturated rings. The zero-order chi connectivity index (χ0) is 10.6. The molecule has 2 aliphatic rings. The summed E-state index contributed by atoms with van der Waals surface area (Å²) < 4.78 is 11.3. The molecule has 1 aliphatic carbocycles. The van der Waals surface area contributed by atoms with Crippen LogP contribution in [-0.4, -0.2) is 31.3 Å². The number of ether oxygens (including phenoxy) is 2. The minimum atomic E-state index is -0.268. The molecule has 84 valence electrons. The third-order valence-corrected chi connectivity index (χ3v) is 3.02. The first-order chi connectivity index (χ1) is 7.35. The predicted octanol–water partition coefficient (Wildman–Crippen LogP) is 1.22. The summed E-state index contributed by atoms with van der Waals surface area (Å²) in [6, 6.07) is 0.402. The summed E-state index contributed by atoms with van der Waals surface area (Å²) in [4.78, 5) is 4.42. The number of aliphatic imine (C=N–C) groups is 1. The number of hydrogen-bond donors (Lipinski definition) is 1. The molecule has 0 amide bonds. The van der Waals surface area contributed by atoms with Crippen LogP contribution in [0.15, 0.2) is 17.3 Å². The fraction of sp³-hybridized carbons (Fsp3) is 0.727. The highest BCUT2D eigenvalue weighted by Crippen LogP contribution is 2.36. The Labute approximate surface area is 90.1 Å². The molecule has 4 nitrogen and oxygen atoms in total. The Morgan fingerprint density at radius 3 is 2.47 bits per heavy atom. The van der Waals surface area contributed by atoms with Gasteiger partial charge in [0, 0.05) is 19.1 Å². The molecule has 0 aromatic heterocycles. The van der Waals surface area contributed by atoms with Crippen molar-refractivity contribution in [3.05, 3.63) is 12.3 Å². The number of hydrogen-bond acceptors (Lipinski definition) is 4. The lowest BCUT2D eigenvalue weighted by molar-refractivity contribution is -0.178. The molecule has 1 saturated heterocycles. The number of allylic oxidation sites excluding steroid dienone is 1. The van der Waals surface area contributed by atoms with Crippen LogP contribution in [0.5, 0.6) is 0 Å². The average molecular weight is 210 g/mol. The Morgan fingerprint density at radius 1 is 1.20 bits per heavy atom. The van der Waals surface area contributed by atoms with Gasteiger partial charge in [-0.15, -0.1) is 0 Å². The first-order valence-electron chi connectivity index (χ1n) is 5.53. The molecule has 2 rings (SSSR count). The van der Waals surface area contributed by atoms with E-state index in [1.807, 2.05) is 0 Å². The van der Waals surface area contributed by atoms with Gasteiger partial charge in [-0.1, -0.05) is 0 Å². The van der Waals surface area contributed by atoms with Crippen molar-refractivity contribution >= 4 is 6.21 Å². The molecule has 0 atom stereocenters. The molecule has 15 heavy (non-hydrogen) atoms. The minimum absolute atomic E-state index is 0.268. The van der Waals surface area contributed by atoms with Crippen LogP contribution in [-0.2, 0) is 9.47 Å². The maximum absolute atomic E-state index is 5.65. The molecule has 0 unspecified atom stereocenters. The fourth-order valence-electron chi connectivity index (χ4n) is 2.20. The molecular formula is C11H18N2O2. The maximum atomic E-state index is 5.65. The van der Waals surface area contributed by atoms with Gasteiger partial charge in [0.25, 0.3) is 0 Å². The van der Waals surface area contributed by atoms with E-state index in [-0.39, 0.29) is 5.79 Å². The van der Waals surface area contributed by atoms with Crippen LogP contribution in [0.3, 0.4) is 0 Å². The zero-order valence-electron chi connectivity index (χ0n) is 8.89. The smallest absolute Gasteiger partial charge is 0.168 e. The summed E-state index contributed by atoms with van der Waals surface area (Å²) in [5.41, 5.74) is 5.23. The molecule has 0 radical (unpaired) electrons. The Balaban J connectivity index is 1.81. The molecule has 1 aliphatic heterocycles. The molecule has 1 heterocycles. The molecule has 2 N–H and O–H groups in total. The van der Waals surface area contributed by atoms with Crippen molar-refractivity contribution in [3.8, 4) is 0 Å². The standard InChI is InChI=1S/C11H18N2O2/c12-6-1-7-13-10-2-4-11(5-3-10)14-8-9-15-11/h1,6-7,10H,2-5,8-9,12H2. The lowest BCUT2D eigenvalue weighted by Gasteiger charge is -2.33. The van der Waals surface area contributed by atoms with Crippen molar-refractivity contribution in [1.82, 2.24) is 0 Å². The van der Waals surface area contributed by atoms with Crippen LogP contribution in [0.4, 0.5) is 0 Å². The quantitative estimate of drug-likeness (QED) is 0.697. The van der Waals surface area contributed by atoms with Crippen molar-refractivity contribution in [3.63, 3.8) is 0 Å². The normalized spacial score (nSPS) is 27.2. The number of nitrogens with two attached hydrogens (primary N) is 1. The molecule has 0 aromatic carbocycles. The second-order valence-corrected chi connectivity index (χ2v) is 4.02. The van der Waals surface area contributed by atoms with Crippen molar-refractivity contribution in [2.24, 2.45) is 10.7 Å². The van der Waals surface area contributed by atoms with Crippen LogP contribution in [0.1, 0.15) is 25.7 Å². The van der Waals surface area contributed by atoms with E-state index in [1.54, 1.807) is 12.3 Å². The summed E-state index contributed by atoms with van der Waals surface area (Å²) in [5.74, 6) is -0.268. The summed E-state index contributed by atoms with van der Waals surface area (Å²) in [6.07, 6.45) is 9.02. The van der Waals surface area contributed by atoms with E-state index in [2.05, 4.69) is 4.99 Å². The summed E-state index contributed by atoms with van der Waals surface area (Å²) in [5, 5.41) is 0. The van der Waals surface area contributed by atoms with E-state index >= 15 is 0 Å². The van der Waals surface area contributed by atoms with E-state index in [0.717, 1.165) is 38.9 Å². The lowest BCUT2D eigenvalue weighted by atomic mass is 9.90. The molecule has 0 aromatic rings. The van der Waals surface area contributed by atoms with E-state index in [9.17, 15) is 0 Å². The molecule has 1 spiro atoms. The Kier molecular flexibility index (Phi) is 3.38. The minimum Gasteiger partial charge on any atom is -0.405 e. The van der Waals surface area contributed by atoms with Gasteiger partial charge in [-0.25, -0.2) is 0 Å². The molecule has 1 saturated carbocycles. The zero-order valence-corrected chi connectivity index (χ0v) is 8.89. The highest BCUT2D eigenvalue weighted by Gasteiger charge is 2.39. The van der Waals surface area contributed by atoms with Crippen LogP contribution in [0.25, 0.3) is 0 Å². The van der Waals surface area contributed by atoms with E-state index < -0.39 is 0 Å². The van der Waals surface area contributed by atoms with Crippen molar-refractivity contribution in [2.75, 3.05) is 13.2 Å². The number of rotatable bonds is 2. The number of nitrogens with zero attached hydrogens (tertiary/aromatic N) is 1. The third-order valence-electron chi connectivity index (χ3n) is 3.02. The lowest BCUT2D eigenvalue weighted by Crippen LogP contribution is -2.36. The molecular weight excluding hydrogens is 192 g/mol. The maximum Gasteiger partial charge on any atom is 0.168 e. The predicted molar refractivity (Wildman–Crippen MR) is 58.7 cm³/mol. The van der Waals surface area contributed by atoms with Gasteiger partial charge in [-0.2, -0.15) is 0 Å². The first kappa shape index (κ1) is 10.6. The van der Waals surface area contributed by atoms with Crippen LogP contribution in [0.2, 0.25) is 0 Å². The van der Waals surface area contributed by atoms with E-state index in [4.69, 9.17) is 15.2 Å². The van der Waals surface area contributed by atoms with Crippen molar-refractivity contribution < 1.29 is 9.47 Å². The van der Waals surface area contributed by atoms with Gasteiger partial charge in [-0.05, 0) is 25.1 Å². The second-order valence-electron chi connectivity index (χ2n) is 4.02. The third kappa shape index (κ3) is 2.58. The Hall–Kier alpha value is -0.870. The van der Waals surface area contributed by atoms with Gasteiger partial charge < -0.3 is 15.2 Å². The summed E-state index contributed by atoms with van der Waals surface area (Å²) in [6.45, 7) is 1.48. The summed E-state index contributed by atoms with van der Waals surface area (Å²) >= 11 is 0. The first-order valence-corrected chi connectivity index (χ1v) is 5.53. The van der Waals surface area contributed by atoms with Crippen LogP contribution in [0, 0.1) is 0 Å². The van der Waals surface area contributed by atoms with Crippen LogP contribution >= 0.6 is 0 Å². The van der Waals surface area contributed by atoms with Gasteiger partial charge in [-0.3, -0.25) is 4.99 Å². The van der Waals surface area contributed by atoms with Gasteiger partial charge in [0.15, 0.2) is 5.79 Å². The van der Waals surface area contributed by atoms with Crippen LogP contribution < -0.4 is 5.73 Å². The Morgan fingerprint density at radius 2 is 1.87 bits per heavy atom. The van der Waals surface area contributed by atoms with Gasteiger partial charge >= 0.3 is 0 Å². The average Bonchev–Trinajstić information content (AvgIpc) is 2.71. The van der Waals surface area contributed by atoms with E-state index in [0.29, 0.717) is 6.04 Å². The van der Waals surface area contributed by atoms with Gasteiger partial charge in [0.1, 0.15) is 0 Å². The topological polar surface area (TPSA) is 56.8 Å². The fourth-order valence-corrected chi connectivity index (χ4v) is 2.20. The SMILES string of the molecule is NC=CC=NC1CCC2(CC1)OCCO2. The molecule has 0 bridgehead atoms. The highest BCUT2D eigenvalue weighted by atomic mass is 16.7. The van der Waals surface area contributed by atoms with Crippen molar-refractivity contribution in [2.45, 2.75) is 37.5 Å². The Bertz CT molecular complexity index is 247. The highest BCUT2D eigenvalue weighted by molar-refractivity contribution is 5.70. The largest absolute Gasteiger partial charge is 0.405 e. The second kappa shape index (κ2) is 4.77.